The minimum atomic E-state index is -2.28. The summed E-state index contributed by atoms with van der Waals surface area (Å²) < 4.78 is 17.7. The zero-order valence-electron chi connectivity index (χ0n) is 8.57. The van der Waals surface area contributed by atoms with E-state index in [0.717, 1.165) is 0 Å². The SMILES string of the molecule is CCOC(=O)C(F)C(=O)c1ccc(Cl)cc1. The van der Waals surface area contributed by atoms with E-state index in [2.05, 4.69) is 4.74 Å². The Bertz CT molecular complexity index is 389. The van der Waals surface area contributed by atoms with Gasteiger partial charge in [0.2, 0.25) is 5.78 Å². The van der Waals surface area contributed by atoms with Crippen LogP contribution in [0.5, 0.6) is 0 Å². The summed E-state index contributed by atoms with van der Waals surface area (Å²) in [5, 5.41) is 0.433. The normalized spacial score (nSPS) is 11.9. The molecule has 0 fully saturated rings. The lowest BCUT2D eigenvalue weighted by Crippen LogP contribution is -2.27. The molecule has 0 spiro atoms. The molecular formula is C11H10ClFO3. The number of halogens is 2. The average molecular weight is 245 g/mol. The van der Waals surface area contributed by atoms with E-state index < -0.39 is 17.9 Å². The maximum Gasteiger partial charge on any atom is 0.348 e. The number of carbonyl (C=O) groups excluding carboxylic acids is 2. The van der Waals surface area contributed by atoms with Crippen molar-refractivity contribution in [2.75, 3.05) is 6.61 Å². The van der Waals surface area contributed by atoms with Gasteiger partial charge < -0.3 is 4.74 Å². The largest absolute Gasteiger partial charge is 0.463 e. The Hall–Kier alpha value is -1.42. The Morgan fingerprint density at radius 1 is 1.38 bits per heavy atom. The van der Waals surface area contributed by atoms with E-state index in [9.17, 15) is 14.0 Å². The van der Waals surface area contributed by atoms with Crippen LogP contribution in [0.4, 0.5) is 4.39 Å². The van der Waals surface area contributed by atoms with Crippen LogP contribution in [0, 0.1) is 0 Å². The predicted molar refractivity (Wildman–Crippen MR) is 57.3 cm³/mol. The van der Waals surface area contributed by atoms with Crippen LogP contribution in [0.25, 0.3) is 0 Å². The van der Waals surface area contributed by atoms with Crippen molar-refractivity contribution < 1.29 is 18.7 Å². The fraction of sp³-hybridized carbons (Fsp3) is 0.273. The van der Waals surface area contributed by atoms with Gasteiger partial charge in [-0.25, -0.2) is 9.18 Å². The summed E-state index contributed by atoms with van der Waals surface area (Å²) in [4.78, 5) is 22.4. The van der Waals surface area contributed by atoms with Gasteiger partial charge >= 0.3 is 5.97 Å². The molecule has 0 bridgehead atoms. The van der Waals surface area contributed by atoms with Gasteiger partial charge in [-0.1, -0.05) is 11.6 Å². The Kier molecular flexibility index (Phi) is 4.43. The first-order valence-electron chi connectivity index (χ1n) is 4.66. The van der Waals surface area contributed by atoms with Gasteiger partial charge in [-0.05, 0) is 31.2 Å². The lowest BCUT2D eigenvalue weighted by molar-refractivity contribution is -0.147. The molecule has 0 aromatic heterocycles. The van der Waals surface area contributed by atoms with Gasteiger partial charge in [-0.3, -0.25) is 4.79 Å². The second kappa shape index (κ2) is 5.61. The fourth-order valence-electron chi connectivity index (χ4n) is 1.08. The molecular weight excluding hydrogens is 235 g/mol. The second-order valence-electron chi connectivity index (χ2n) is 2.99. The van der Waals surface area contributed by atoms with Crippen LogP contribution in [0.1, 0.15) is 17.3 Å². The number of ketones is 1. The molecule has 0 N–H and O–H groups in total. The minimum Gasteiger partial charge on any atom is -0.463 e. The zero-order valence-corrected chi connectivity index (χ0v) is 9.33. The third-order valence-corrected chi connectivity index (χ3v) is 2.10. The van der Waals surface area contributed by atoms with Gasteiger partial charge in [0.1, 0.15) is 0 Å². The minimum absolute atomic E-state index is 0.0349. The molecule has 3 nitrogen and oxygen atoms in total. The van der Waals surface area contributed by atoms with Crippen LogP contribution in [-0.4, -0.2) is 24.5 Å². The molecule has 5 heteroatoms. The molecule has 86 valence electrons. The molecule has 0 aliphatic carbocycles. The van der Waals surface area contributed by atoms with Crippen molar-refractivity contribution in [2.24, 2.45) is 0 Å². The van der Waals surface area contributed by atoms with E-state index >= 15 is 0 Å². The Balaban J connectivity index is 2.78. The molecule has 1 atom stereocenters. The first-order valence-corrected chi connectivity index (χ1v) is 5.04. The lowest BCUT2D eigenvalue weighted by Gasteiger charge is -2.06. The van der Waals surface area contributed by atoms with Gasteiger partial charge in [0, 0.05) is 10.6 Å². The van der Waals surface area contributed by atoms with Gasteiger partial charge in [0.05, 0.1) is 6.61 Å². The summed E-state index contributed by atoms with van der Waals surface area (Å²) in [6.45, 7) is 1.57. The van der Waals surface area contributed by atoms with Crippen LogP contribution in [0.15, 0.2) is 24.3 Å². The molecule has 1 aromatic rings. The highest BCUT2D eigenvalue weighted by molar-refractivity contribution is 6.30. The molecule has 0 aliphatic heterocycles. The Morgan fingerprint density at radius 3 is 2.44 bits per heavy atom. The average Bonchev–Trinajstić information content (AvgIpc) is 2.28. The standard InChI is InChI=1S/C11H10ClFO3/c1-2-16-11(15)9(13)10(14)7-3-5-8(12)6-4-7/h3-6,9H,2H2,1H3. The number of hydrogen-bond acceptors (Lipinski definition) is 3. The van der Waals surface area contributed by atoms with Crippen LogP contribution in [0.3, 0.4) is 0 Å². The van der Waals surface area contributed by atoms with Gasteiger partial charge in [0.25, 0.3) is 6.17 Å². The first kappa shape index (κ1) is 12.6. The molecule has 0 saturated carbocycles. The zero-order chi connectivity index (χ0) is 12.1. The molecule has 0 radical (unpaired) electrons. The maximum absolute atomic E-state index is 13.3. The smallest absolute Gasteiger partial charge is 0.348 e. The van der Waals surface area contributed by atoms with Crippen LogP contribution >= 0.6 is 11.6 Å². The number of esters is 1. The van der Waals surface area contributed by atoms with Crippen LogP contribution < -0.4 is 0 Å². The summed E-state index contributed by atoms with van der Waals surface area (Å²) in [6.07, 6.45) is -2.28. The van der Waals surface area contributed by atoms with E-state index in [1.807, 2.05) is 0 Å². The van der Waals surface area contributed by atoms with Gasteiger partial charge in [-0.15, -0.1) is 0 Å². The highest BCUT2D eigenvalue weighted by atomic mass is 35.5. The molecule has 16 heavy (non-hydrogen) atoms. The van der Waals surface area contributed by atoms with E-state index in [0.29, 0.717) is 5.02 Å². The Morgan fingerprint density at radius 2 is 1.94 bits per heavy atom. The third-order valence-electron chi connectivity index (χ3n) is 1.85. The molecule has 1 unspecified atom stereocenters. The molecule has 1 rings (SSSR count). The van der Waals surface area contributed by atoms with Crippen molar-refractivity contribution in [3.8, 4) is 0 Å². The predicted octanol–water partition coefficient (Wildman–Crippen LogP) is 2.42. The number of Topliss-reactive ketones (excluding diaryl/α,β-unsaturated/α-hetero) is 1. The topological polar surface area (TPSA) is 43.4 Å². The van der Waals surface area contributed by atoms with Crippen molar-refractivity contribution in [1.82, 2.24) is 0 Å². The van der Waals surface area contributed by atoms with Crippen LogP contribution in [0.2, 0.25) is 5.02 Å². The van der Waals surface area contributed by atoms with E-state index in [4.69, 9.17) is 11.6 Å². The van der Waals surface area contributed by atoms with Crippen LogP contribution in [-0.2, 0) is 9.53 Å². The highest BCUT2D eigenvalue weighted by Crippen LogP contribution is 2.13. The van der Waals surface area contributed by atoms with Crippen molar-refractivity contribution >= 4 is 23.4 Å². The second-order valence-corrected chi connectivity index (χ2v) is 3.42. The summed E-state index contributed by atoms with van der Waals surface area (Å²) in [5.41, 5.74) is 0.0879. The third kappa shape index (κ3) is 3.03. The quantitative estimate of drug-likeness (QED) is 0.464. The molecule has 0 saturated heterocycles. The van der Waals surface area contributed by atoms with Gasteiger partial charge in [0.15, 0.2) is 0 Å². The molecule has 0 amide bonds. The van der Waals surface area contributed by atoms with E-state index in [-0.39, 0.29) is 12.2 Å². The molecule has 0 aliphatic rings. The van der Waals surface area contributed by atoms with Crippen molar-refractivity contribution in [1.29, 1.82) is 0 Å². The van der Waals surface area contributed by atoms with Crippen molar-refractivity contribution in [2.45, 2.75) is 13.1 Å². The maximum atomic E-state index is 13.3. The molecule has 1 aromatic carbocycles. The molecule has 0 heterocycles. The van der Waals surface area contributed by atoms with E-state index in [1.165, 1.54) is 31.2 Å². The number of benzene rings is 1. The fourth-order valence-corrected chi connectivity index (χ4v) is 1.21. The number of carbonyl (C=O) groups is 2. The van der Waals surface area contributed by atoms with Crippen molar-refractivity contribution in [3.05, 3.63) is 34.9 Å². The summed E-state index contributed by atoms with van der Waals surface area (Å²) in [5.74, 6) is -2.09. The Labute approximate surface area is 97.2 Å². The summed E-state index contributed by atoms with van der Waals surface area (Å²) in [6, 6.07) is 5.62. The first-order chi connectivity index (χ1) is 7.56. The summed E-state index contributed by atoms with van der Waals surface area (Å²) >= 11 is 5.61. The summed E-state index contributed by atoms with van der Waals surface area (Å²) in [7, 11) is 0. The van der Waals surface area contributed by atoms with Crippen molar-refractivity contribution in [3.63, 3.8) is 0 Å². The number of alkyl halides is 1. The van der Waals surface area contributed by atoms with E-state index in [1.54, 1.807) is 0 Å². The number of rotatable bonds is 4. The highest BCUT2D eigenvalue weighted by Gasteiger charge is 2.28. The number of ether oxygens (including phenoxy) is 1. The van der Waals surface area contributed by atoms with Gasteiger partial charge in [-0.2, -0.15) is 0 Å². The lowest BCUT2D eigenvalue weighted by atomic mass is 10.1. The number of hydrogen-bond donors (Lipinski definition) is 0. The monoisotopic (exact) mass is 244 g/mol.